The SMILES string of the molecule is CSc1ccccc1NC(=O)c1csc(C2CCN(C(=O)c3ccc(OC(C)C)cc3)CC2)n1. The summed E-state index contributed by atoms with van der Waals surface area (Å²) in [5, 5.41) is 5.76. The van der Waals surface area contributed by atoms with E-state index in [1.54, 1.807) is 11.8 Å². The minimum Gasteiger partial charge on any atom is -0.491 e. The first-order chi connectivity index (χ1) is 16.4. The lowest BCUT2D eigenvalue weighted by Crippen LogP contribution is -2.37. The van der Waals surface area contributed by atoms with Gasteiger partial charge in [0.1, 0.15) is 11.4 Å². The van der Waals surface area contributed by atoms with Crippen molar-refractivity contribution in [3.63, 3.8) is 0 Å². The number of nitrogens with one attached hydrogen (secondary N) is 1. The van der Waals surface area contributed by atoms with Crippen LogP contribution in [0.1, 0.15) is 58.5 Å². The Hall–Kier alpha value is -2.84. The molecule has 0 spiro atoms. The fourth-order valence-corrected chi connectivity index (χ4v) is 5.50. The first-order valence-corrected chi connectivity index (χ1v) is 13.5. The normalized spacial score (nSPS) is 14.3. The maximum atomic E-state index is 12.9. The molecule has 0 atom stereocenters. The summed E-state index contributed by atoms with van der Waals surface area (Å²) in [6.07, 6.45) is 3.76. The van der Waals surface area contributed by atoms with Crippen molar-refractivity contribution in [1.82, 2.24) is 9.88 Å². The van der Waals surface area contributed by atoms with Crippen LogP contribution in [-0.4, -0.2) is 47.1 Å². The highest BCUT2D eigenvalue weighted by atomic mass is 32.2. The van der Waals surface area contributed by atoms with Gasteiger partial charge in [0, 0.05) is 34.8 Å². The van der Waals surface area contributed by atoms with Crippen molar-refractivity contribution in [3.8, 4) is 5.75 Å². The van der Waals surface area contributed by atoms with E-state index in [0.29, 0.717) is 24.3 Å². The number of rotatable bonds is 7. The number of nitrogens with zero attached hydrogens (tertiary/aromatic N) is 2. The van der Waals surface area contributed by atoms with E-state index in [-0.39, 0.29) is 23.8 Å². The average molecular weight is 496 g/mol. The molecule has 0 bridgehead atoms. The average Bonchev–Trinajstić information content (AvgIpc) is 3.35. The summed E-state index contributed by atoms with van der Waals surface area (Å²) in [5.74, 6) is 0.879. The fraction of sp³-hybridized carbons (Fsp3) is 0.346. The third-order valence-corrected chi connectivity index (χ3v) is 7.52. The Morgan fingerprint density at radius 2 is 1.82 bits per heavy atom. The van der Waals surface area contributed by atoms with Crippen LogP contribution in [-0.2, 0) is 0 Å². The number of carbonyl (C=O) groups excluding carboxylic acids is 2. The molecule has 4 rings (SSSR count). The molecule has 0 aliphatic carbocycles. The number of amides is 2. The molecule has 2 aromatic carbocycles. The van der Waals surface area contributed by atoms with Gasteiger partial charge in [0.25, 0.3) is 11.8 Å². The van der Waals surface area contributed by atoms with E-state index in [1.807, 2.05) is 78.9 Å². The van der Waals surface area contributed by atoms with E-state index in [2.05, 4.69) is 10.3 Å². The molecule has 178 valence electrons. The number of hydrogen-bond acceptors (Lipinski definition) is 6. The second-order valence-corrected chi connectivity index (χ2v) is 10.2. The number of para-hydroxylation sites is 1. The molecule has 34 heavy (non-hydrogen) atoms. The highest BCUT2D eigenvalue weighted by molar-refractivity contribution is 7.98. The molecule has 2 amide bonds. The summed E-state index contributed by atoms with van der Waals surface area (Å²) in [5.41, 5.74) is 1.91. The first-order valence-electron chi connectivity index (χ1n) is 11.4. The van der Waals surface area contributed by atoms with Crippen LogP contribution in [0.5, 0.6) is 5.75 Å². The largest absolute Gasteiger partial charge is 0.491 e. The van der Waals surface area contributed by atoms with Crippen LogP contribution in [0.3, 0.4) is 0 Å². The molecule has 1 N–H and O–H groups in total. The van der Waals surface area contributed by atoms with Gasteiger partial charge in [0.15, 0.2) is 0 Å². The molecule has 1 aliphatic heterocycles. The van der Waals surface area contributed by atoms with Gasteiger partial charge in [0.05, 0.1) is 16.8 Å². The van der Waals surface area contributed by atoms with Crippen molar-refractivity contribution < 1.29 is 14.3 Å². The molecule has 1 aromatic heterocycles. The first kappa shape index (κ1) is 24.3. The van der Waals surface area contributed by atoms with Crippen LogP contribution in [0.2, 0.25) is 0 Å². The molecule has 1 fully saturated rings. The molecular formula is C26H29N3O3S2. The van der Waals surface area contributed by atoms with Gasteiger partial charge in [-0.15, -0.1) is 23.1 Å². The number of ether oxygens (including phenoxy) is 1. The molecule has 6 nitrogen and oxygen atoms in total. The molecule has 0 saturated carbocycles. The van der Waals surface area contributed by atoms with Gasteiger partial charge in [-0.3, -0.25) is 9.59 Å². The highest BCUT2D eigenvalue weighted by Crippen LogP contribution is 2.32. The van der Waals surface area contributed by atoms with E-state index in [9.17, 15) is 9.59 Å². The number of likely N-dealkylation sites (tertiary alicyclic amines) is 1. The van der Waals surface area contributed by atoms with Crippen molar-refractivity contribution in [2.75, 3.05) is 24.7 Å². The second kappa shape index (κ2) is 11.1. The number of hydrogen-bond donors (Lipinski definition) is 1. The summed E-state index contributed by atoms with van der Waals surface area (Å²) in [6, 6.07) is 15.1. The summed E-state index contributed by atoms with van der Waals surface area (Å²) in [4.78, 5) is 33.2. The minimum absolute atomic E-state index is 0.0428. The number of carbonyl (C=O) groups is 2. The third kappa shape index (κ3) is 5.80. The Balaban J connectivity index is 1.33. The smallest absolute Gasteiger partial charge is 0.275 e. The van der Waals surface area contributed by atoms with Gasteiger partial charge in [-0.05, 0) is 69.3 Å². The van der Waals surface area contributed by atoms with Crippen molar-refractivity contribution >= 4 is 40.6 Å². The lowest BCUT2D eigenvalue weighted by atomic mass is 9.97. The van der Waals surface area contributed by atoms with Crippen LogP contribution >= 0.6 is 23.1 Å². The number of benzene rings is 2. The number of thiazole rings is 1. The van der Waals surface area contributed by atoms with Crippen LogP contribution in [0, 0.1) is 0 Å². The third-order valence-electron chi connectivity index (χ3n) is 5.71. The van der Waals surface area contributed by atoms with Gasteiger partial charge in [-0.1, -0.05) is 12.1 Å². The standard InChI is InChI=1S/C26H29N3O3S2/c1-17(2)32-20-10-8-19(9-11-20)26(31)29-14-12-18(13-15-29)25-28-22(16-34-25)24(30)27-21-6-4-5-7-23(21)33-3/h4-11,16-18H,12-15H2,1-3H3,(H,27,30). The molecule has 2 heterocycles. The van der Waals surface area contributed by atoms with Crippen LogP contribution in [0.15, 0.2) is 58.8 Å². The Morgan fingerprint density at radius 3 is 2.50 bits per heavy atom. The fourth-order valence-electron chi connectivity index (χ4n) is 3.97. The number of thioether (sulfide) groups is 1. The molecule has 0 unspecified atom stereocenters. The number of piperidine rings is 1. The molecule has 8 heteroatoms. The summed E-state index contributed by atoms with van der Waals surface area (Å²) in [7, 11) is 0. The number of anilines is 1. The van der Waals surface area contributed by atoms with Gasteiger partial charge in [0.2, 0.25) is 0 Å². The quantitative estimate of drug-likeness (QED) is 0.412. The Kier molecular flexibility index (Phi) is 7.90. The van der Waals surface area contributed by atoms with Gasteiger partial charge >= 0.3 is 0 Å². The van der Waals surface area contributed by atoms with Crippen molar-refractivity contribution in [2.24, 2.45) is 0 Å². The van der Waals surface area contributed by atoms with Crippen LogP contribution < -0.4 is 10.1 Å². The summed E-state index contributed by atoms with van der Waals surface area (Å²) < 4.78 is 5.66. The number of aromatic nitrogens is 1. The van der Waals surface area contributed by atoms with E-state index in [1.165, 1.54) is 11.3 Å². The molecule has 0 radical (unpaired) electrons. The van der Waals surface area contributed by atoms with Gasteiger partial charge in [-0.25, -0.2) is 4.98 Å². The Labute approximate surface area is 208 Å². The topological polar surface area (TPSA) is 71.5 Å². The predicted octanol–water partition coefficient (Wildman–Crippen LogP) is 5.92. The monoisotopic (exact) mass is 495 g/mol. The zero-order valence-electron chi connectivity index (χ0n) is 19.6. The highest BCUT2D eigenvalue weighted by Gasteiger charge is 2.27. The van der Waals surface area contributed by atoms with Crippen LogP contribution in [0.25, 0.3) is 0 Å². The Morgan fingerprint density at radius 1 is 1.12 bits per heavy atom. The van der Waals surface area contributed by atoms with E-state index < -0.39 is 0 Å². The summed E-state index contributed by atoms with van der Waals surface area (Å²) in [6.45, 7) is 5.31. The van der Waals surface area contributed by atoms with Crippen LogP contribution in [0.4, 0.5) is 5.69 Å². The molecule has 1 aliphatic rings. The maximum absolute atomic E-state index is 12.9. The zero-order valence-corrected chi connectivity index (χ0v) is 21.2. The molecule has 3 aromatic rings. The summed E-state index contributed by atoms with van der Waals surface area (Å²) >= 11 is 3.12. The van der Waals surface area contributed by atoms with Gasteiger partial charge in [-0.2, -0.15) is 0 Å². The lowest BCUT2D eigenvalue weighted by Gasteiger charge is -2.31. The Bertz CT molecular complexity index is 1140. The maximum Gasteiger partial charge on any atom is 0.275 e. The predicted molar refractivity (Wildman–Crippen MR) is 138 cm³/mol. The van der Waals surface area contributed by atoms with E-state index in [0.717, 1.165) is 34.2 Å². The molecule has 1 saturated heterocycles. The zero-order chi connectivity index (χ0) is 24.1. The minimum atomic E-state index is -0.193. The van der Waals surface area contributed by atoms with Crippen molar-refractivity contribution in [1.29, 1.82) is 0 Å². The lowest BCUT2D eigenvalue weighted by molar-refractivity contribution is 0.0713. The van der Waals surface area contributed by atoms with E-state index in [4.69, 9.17) is 4.74 Å². The van der Waals surface area contributed by atoms with E-state index >= 15 is 0 Å². The van der Waals surface area contributed by atoms with Crippen molar-refractivity contribution in [2.45, 2.75) is 43.6 Å². The molecular weight excluding hydrogens is 466 g/mol. The van der Waals surface area contributed by atoms with Gasteiger partial charge < -0.3 is 15.0 Å². The second-order valence-electron chi connectivity index (χ2n) is 8.48. The van der Waals surface area contributed by atoms with Crippen molar-refractivity contribution in [3.05, 3.63) is 70.2 Å².